The molecule has 3 fully saturated rings. The maximum absolute atomic E-state index is 12.3. The molecule has 0 aromatic rings. The van der Waals surface area contributed by atoms with Gasteiger partial charge in [-0.2, -0.15) is 11.8 Å². The van der Waals surface area contributed by atoms with Crippen LogP contribution in [0, 0.1) is 5.92 Å². The number of thioether (sulfide) groups is 1. The Labute approximate surface area is 114 Å². The van der Waals surface area contributed by atoms with Crippen LogP contribution in [0.4, 0.5) is 0 Å². The van der Waals surface area contributed by atoms with E-state index in [-0.39, 0.29) is 0 Å². The van der Waals surface area contributed by atoms with Crippen LogP contribution in [-0.4, -0.2) is 47.5 Å². The van der Waals surface area contributed by atoms with Gasteiger partial charge in [0.05, 0.1) is 6.54 Å². The number of hydrogen-bond donors (Lipinski definition) is 1. The first-order chi connectivity index (χ1) is 8.84. The first-order valence-corrected chi connectivity index (χ1v) is 8.51. The van der Waals surface area contributed by atoms with Crippen LogP contribution in [0.5, 0.6) is 0 Å². The Morgan fingerprint density at radius 3 is 2.89 bits per heavy atom. The van der Waals surface area contributed by atoms with Gasteiger partial charge in [0.25, 0.3) is 0 Å². The van der Waals surface area contributed by atoms with Crippen molar-refractivity contribution in [3.63, 3.8) is 0 Å². The van der Waals surface area contributed by atoms with Crippen molar-refractivity contribution in [2.24, 2.45) is 5.92 Å². The quantitative estimate of drug-likeness (QED) is 0.845. The lowest BCUT2D eigenvalue weighted by molar-refractivity contribution is -0.133. The molecule has 1 heterocycles. The number of nitrogens with one attached hydrogen (secondary N) is 1. The molecule has 18 heavy (non-hydrogen) atoms. The zero-order chi connectivity index (χ0) is 12.4. The Morgan fingerprint density at radius 2 is 2.06 bits per heavy atom. The monoisotopic (exact) mass is 268 g/mol. The second-order valence-corrected chi connectivity index (χ2v) is 7.27. The molecule has 0 bridgehead atoms. The Balaban J connectivity index is 1.50. The van der Waals surface area contributed by atoms with Gasteiger partial charge in [0, 0.05) is 23.6 Å². The molecule has 0 aromatic heterocycles. The number of amides is 1. The van der Waals surface area contributed by atoms with Crippen molar-refractivity contribution in [2.45, 2.75) is 49.8 Å². The molecule has 1 aliphatic heterocycles. The van der Waals surface area contributed by atoms with Gasteiger partial charge >= 0.3 is 0 Å². The summed E-state index contributed by atoms with van der Waals surface area (Å²) in [5.74, 6) is 2.33. The standard InChI is InChI=1S/C14H24N2OS/c17-14(10-15-9-11-5-6-11)16-7-8-18-13-4-2-1-3-12(13)16/h11-13,15H,1-10H2. The van der Waals surface area contributed by atoms with Gasteiger partial charge in [-0.15, -0.1) is 0 Å². The smallest absolute Gasteiger partial charge is 0.236 e. The number of hydrogen-bond acceptors (Lipinski definition) is 3. The normalized spacial score (nSPS) is 32.1. The van der Waals surface area contributed by atoms with E-state index >= 15 is 0 Å². The van der Waals surface area contributed by atoms with Gasteiger partial charge in [0.15, 0.2) is 0 Å². The van der Waals surface area contributed by atoms with E-state index in [0.717, 1.165) is 30.0 Å². The minimum absolute atomic E-state index is 0.341. The molecule has 2 atom stereocenters. The highest BCUT2D eigenvalue weighted by Crippen LogP contribution is 2.35. The zero-order valence-electron chi connectivity index (χ0n) is 11.1. The molecule has 3 aliphatic rings. The van der Waals surface area contributed by atoms with Crippen molar-refractivity contribution in [2.75, 3.05) is 25.4 Å². The molecule has 3 nitrogen and oxygen atoms in total. The predicted molar refractivity (Wildman–Crippen MR) is 75.8 cm³/mol. The van der Waals surface area contributed by atoms with Crippen LogP contribution in [0.15, 0.2) is 0 Å². The number of carbonyl (C=O) groups excluding carboxylic acids is 1. The van der Waals surface area contributed by atoms with Crippen molar-refractivity contribution >= 4 is 17.7 Å². The van der Waals surface area contributed by atoms with Crippen molar-refractivity contribution < 1.29 is 4.79 Å². The fourth-order valence-corrected chi connectivity index (χ4v) is 4.66. The molecule has 2 saturated carbocycles. The van der Waals surface area contributed by atoms with E-state index in [9.17, 15) is 4.79 Å². The SMILES string of the molecule is O=C(CNCC1CC1)N1CCSC2CCCCC21. The third-order valence-corrected chi connectivity index (χ3v) is 5.85. The summed E-state index contributed by atoms with van der Waals surface area (Å²) in [6.07, 6.45) is 7.91. The minimum atomic E-state index is 0.341. The van der Waals surface area contributed by atoms with Crippen LogP contribution in [-0.2, 0) is 4.79 Å². The van der Waals surface area contributed by atoms with Crippen molar-refractivity contribution in [1.29, 1.82) is 0 Å². The molecule has 1 N–H and O–H groups in total. The van der Waals surface area contributed by atoms with E-state index < -0.39 is 0 Å². The summed E-state index contributed by atoms with van der Waals surface area (Å²) in [5, 5.41) is 4.06. The summed E-state index contributed by atoms with van der Waals surface area (Å²) >= 11 is 2.09. The largest absolute Gasteiger partial charge is 0.337 e. The molecule has 2 unspecified atom stereocenters. The summed E-state index contributed by atoms with van der Waals surface area (Å²) in [6, 6.07) is 0.535. The lowest BCUT2D eigenvalue weighted by Gasteiger charge is -2.43. The number of rotatable bonds is 4. The van der Waals surface area contributed by atoms with Crippen molar-refractivity contribution in [1.82, 2.24) is 10.2 Å². The molecule has 3 rings (SSSR count). The molecule has 0 radical (unpaired) electrons. The maximum atomic E-state index is 12.3. The molecule has 1 amide bonds. The third-order valence-electron chi connectivity index (χ3n) is 4.46. The average Bonchev–Trinajstić information content (AvgIpc) is 3.22. The van der Waals surface area contributed by atoms with Crippen LogP contribution in [0.2, 0.25) is 0 Å². The first kappa shape index (κ1) is 12.8. The highest BCUT2D eigenvalue weighted by molar-refractivity contribution is 8.00. The van der Waals surface area contributed by atoms with Gasteiger partial charge in [-0.25, -0.2) is 0 Å². The molecular formula is C14H24N2OS. The average molecular weight is 268 g/mol. The van der Waals surface area contributed by atoms with E-state index in [1.54, 1.807) is 0 Å². The second kappa shape index (κ2) is 5.83. The van der Waals surface area contributed by atoms with E-state index in [1.807, 2.05) is 0 Å². The van der Waals surface area contributed by atoms with Gasteiger partial charge in [0.2, 0.25) is 5.91 Å². The van der Waals surface area contributed by atoms with Crippen LogP contribution < -0.4 is 5.32 Å². The maximum Gasteiger partial charge on any atom is 0.236 e. The highest BCUT2D eigenvalue weighted by Gasteiger charge is 2.36. The number of fused-ring (bicyclic) bond motifs is 1. The molecule has 102 valence electrons. The summed E-state index contributed by atoms with van der Waals surface area (Å²) in [7, 11) is 0. The number of nitrogens with zero attached hydrogens (tertiary/aromatic N) is 1. The Hall–Kier alpha value is -0.220. The number of carbonyl (C=O) groups is 1. The van der Waals surface area contributed by atoms with Gasteiger partial charge < -0.3 is 10.2 Å². The molecule has 0 aromatic carbocycles. The molecular weight excluding hydrogens is 244 g/mol. The van der Waals surface area contributed by atoms with Crippen LogP contribution in [0.25, 0.3) is 0 Å². The van der Waals surface area contributed by atoms with Crippen LogP contribution in [0.1, 0.15) is 38.5 Å². The first-order valence-electron chi connectivity index (χ1n) is 7.46. The highest BCUT2D eigenvalue weighted by atomic mass is 32.2. The lowest BCUT2D eigenvalue weighted by atomic mass is 9.93. The van der Waals surface area contributed by atoms with E-state index in [1.165, 1.54) is 38.5 Å². The summed E-state index contributed by atoms with van der Waals surface area (Å²) in [6.45, 7) is 2.57. The van der Waals surface area contributed by atoms with Crippen LogP contribution >= 0.6 is 11.8 Å². The van der Waals surface area contributed by atoms with E-state index in [4.69, 9.17) is 0 Å². The molecule has 4 heteroatoms. The summed E-state index contributed by atoms with van der Waals surface area (Å²) in [5.41, 5.74) is 0. The Morgan fingerprint density at radius 1 is 1.22 bits per heavy atom. The lowest BCUT2D eigenvalue weighted by Crippen LogP contribution is -2.53. The summed E-state index contributed by atoms with van der Waals surface area (Å²) < 4.78 is 0. The minimum Gasteiger partial charge on any atom is -0.337 e. The van der Waals surface area contributed by atoms with Gasteiger partial charge in [0.1, 0.15) is 0 Å². The zero-order valence-corrected chi connectivity index (χ0v) is 11.9. The fourth-order valence-electron chi connectivity index (χ4n) is 3.21. The van der Waals surface area contributed by atoms with Gasteiger partial charge in [-0.1, -0.05) is 12.8 Å². The Kier molecular flexibility index (Phi) is 4.14. The van der Waals surface area contributed by atoms with E-state index in [0.29, 0.717) is 18.5 Å². The molecule has 0 spiro atoms. The van der Waals surface area contributed by atoms with Crippen LogP contribution in [0.3, 0.4) is 0 Å². The topological polar surface area (TPSA) is 32.3 Å². The second-order valence-electron chi connectivity index (χ2n) is 5.92. The summed E-state index contributed by atoms with van der Waals surface area (Å²) in [4.78, 5) is 14.5. The van der Waals surface area contributed by atoms with E-state index in [2.05, 4.69) is 22.0 Å². The van der Waals surface area contributed by atoms with Gasteiger partial charge in [-0.3, -0.25) is 4.79 Å². The Bertz CT molecular complexity index is 304. The predicted octanol–water partition coefficient (Wildman–Crippen LogP) is 1.87. The molecule has 2 aliphatic carbocycles. The fraction of sp³-hybridized carbons (Fsp3) is 0.929. The van der Waals surface area contributed by atoms with Gasteiger partial charge in [-0.05, 0) is 38.1 Å². The third kappa shape index (κ3) is 3.02. The van der Waals surface area contributed by atoms with Crippen molar-refractivity contribution in [3.8, 4) is 0 Å². The van der Waals surface area contributed by atoms with Crippen molar-refractivity contribution in [3.05, 3.63) is 0 Å². The molecule has 1 saturated heterocycles.